The van der Waals surface area contributed by atoms with Gasteiger partial charge in [-0.15, -0.1) is 0 Å². The van der Waals surface area contributed by atoms with E-state index in [9.17, 15) is 0 Å². The van der Waals surface area contributed by atoms with Crippen molar-refractivity contribution in [2.75, 3.05) is 6.54 Å². The molecule has 12 heavy (non-hydrogen) atoms. The van der Waals surface area contributed by atoms with Gasteiger partial charge < -0.3 is 4.74 Å². The SMILES string of the molecule is CC(CNN)Oc1ccccc1. The molecule has 3 heteroatoms. The van der Waals surface area contributed by atoms with Gasteiger partial charge in [0.05, 0.1) is 0 Å². The molecular formula is C9H14N2O. The number of hydrogen-bond acceptors (Lipinski definition) is 3. The van der Waals surface area contributed by atoms with Crippen LogP contribution in [-0.2, 0) is 0 Å². The van der Waals surface area contributed by atoms with Crippen LogP contribution >= 0.6 is 0 Å². The predicted octanol–water partition coefficient (Wildman–Crippen LogP) is 0.917. The van der Waals surface area contributed by atoms with E-state index >= 15 is 0 Å². The van der Waals surface area contributed by atoms with E-state index in [1.165, 1.54) is 0 Å². The Balaban J connectivity index is 2.41. The first-order chi connectivity index (χ1) is 5.83. The second-order valence-corrected chi connectivity index (χ2v) is 2.65. The summed E-state index contributed by atoms with van der Waals surface area (Å²) in [5.74, 6) is 6.03. The van der Waals surface area contributed by atoms with Gasteiger partial charge in [-0.05, 0) is 19.1 Å². The summed E-state index contributed by atoms with van der Waals surface area (Å²) < 4.78 is 5.51. The molecule has 0 bridgehead atoms. The minimum Gasteiger partial charge on any atom is -0.489 e. The van der Waals surface area contributed by atoms with E-state index < -0.39 is 0 Å². The molecule has 0 heterocycles. The third kappa shape index (κ3) is 2.90. The van der Waals surface area contributed by atoms with Crippen LogP contribution in [0.15, 0.2) is 30.3 Å². The number of para-hydroxylation sites is 1. The number of benzene rings is 1. The molecule has 0 radical (unpaired) electrons. The Bertz CT molecular complexity index is 213. The van der Waals surface area contributed by atoms with Crippen LogP contribution in [0.5, 0.6) is 5.75 Å². The highest BCUT2D eigenvalue weighted by molar-refractivity contribution is 5.21. The van der Waals surface area contributed by atoms with E-state index in [1.807, 2.05) is 37.3 Å². The van der Waals surface area contributed by atoms with Crippen LogP contribution in [-0.4, -0.2) is 12.6 Å². The van der Waals surface area contributed by atoms with E-state index in [4.69, 9.17) is 10.6 Å². The zero-order valence-corrected chi connectivity index (χ0v) is 7.16. The summed E-state index contributed by atoms with van der Waals surface area (Å²) in [4.78, 5) is 0. The van der Waals surface area contributed by atoms with Crippen LogP contribution < -0.4 is 16.0 Å². The molecule has 66 valence electrons. The largest absolute Gasteiger partial charge is 0.489 e. The zero-order valence-electron chi connectivity index (χ0n) is 7.16. The number of hydrogen-bond donors (Lipinski definition) is 2. The lowest BCUT2D eigenvalue weighted by Gasteiger charge is -2.13. The number of nitrogens with two attached hydrogens (primary N) is 1. The molecular weight excluding hydrogens is 152 g/mol. The second kappa shape index (κ2) is 4.74. The molecule has 1 unspecified atom stereocenters. The smallest absolute Gasteiger partial charge is 0.119 e. The molecule has 0 aromatic heterocycles. The van der Waals surface area contributed by atoms with Crippen LogP contribution in [0.3, 0.4) is 0 Å². The third-order valence-corrected chi connectivity index (χ3v) is 1.49. The van der Waals surface area contributed by atoms with Gasteiger partial charge >= 0.3 is 0 Å². The lowest BCUT2D eigenvalue weighted by atomic mass is 10.3. The average Bonchev–Trinajstić information content (AvgIpc) is 2.06. The lowest BCUT2D eigenvalue weighted by molar-refractivity contribution is 0.218. The van der Waals surface area contributed by atoms with Crippen LogP contribution in [0.4, 0.5) is 0 Å². The summed E-state index contributed by atoms with van der Waals surface area (Å²) in [7, 11) is 0. The summed E-state index contributed by atoms with van der Waals surface area (Å²) in [5.41, 5.74) is 2.56. The van der Waals surface area contributed by atoms with Crippen molar-refractivity contribution in [3.05, 3.63) is 30.3 Å². The molecule has 3 N–H and O–H groups in total. The molecule has 0 amide bonds. The summed E-state index contributed by atoms with van der Waals surface area (Å²) in [6.07, 6.45) is 0.0948. The van der Waals surface area contributed by atoms with E-state index in [2.05, 4.69) is 5.43 Å². The van der Waals surface area contributed by atoms with Crippen molar-refractivity contribution in [3.8, 4) is 5.75 Å². The van der Waals surface area contributed by atoms with E-state index in [1.54, 1.807) is 0 Å². The van der Waals surface area contributed by atoms with Gasteiger partial charge in [-0.3, -0.25) is 11.3 Å². The Morgan fingerprint density at radius 3 is 2.67 bits per heavy atom. The van der Waals surface area contributed by atoms with Gasteiger partial charge in [-0.1, -0.05) is 18.2 Å². The van der Waals surface area contributed by atoms with Crippen LogP contribution in [0.1, 0.15) is 6.92 Å². The minimum atomic E-state index is 0.0948. The van der Waals surface area contributed by atoms with Gasteiger partial charge in [-0.2, -0.15) is 0 Å². The standard InChI is InChI=1S/C9H14N2O/c1-8(7-11-10)12-9-5-3-2-4-6-9/h2-6,8,11H,7,10H2,1H3. The van der Waals surface area contributed by atoms with Gasteiger partial charge in [0, 0.05) is 6.54 Å². The highest BCUT2D eigenvalue weighted by Crippen LogP contribution is 2.09. The Hall–Kier alpha value is -1.06. The molecule has 0 aliphatic rings. The monoisotopic (exact) mass is 166 g/mol. The van der Waals surface area contributed by atoms with Gasteiger partial charge in [0.15, 0.2) is 0 Å². The van der Waals surface area contributed by atoms with E-state index in [0.717, 1.165) is 5.75 Å². The Morgan fingerprint density at radius 2 is 2.08 bits per heavy atom. The molecule has 0 saturated heterocycles. The van der Waals surface area contributed by atoms with E-state index in [-0.39, 0.29) is 6.10 Å². The summed E-state index contributed by atoms with van der Waals surface area (Å²) in [6.45, 7) is 2.61. The molecule has 0 aliphatic carbocycles. The van der Waals surface area contributed by atoms with Crippen molar-refractivity contribution in [2.45, 2.75) is 13.0 Å². The number of rotatable bonds is 4. The molecule has 1 rings (SSSR count). The molecule has 3 nitrogen and oxygen atoms in total. The van der Waals surface area contributed by atoms with Crippen LogP contribution in [0, 0.1) is 0 Å². The maximum Gasteiger partial charge on any atom is 0.119 e. The summed E-state index contributed by atoms with van der Waals surface area (Å²) in [5, 5.41) is 0. The number of nitrogens with one attached hydrogen (secondary N) is 1. The van der Waals surface area contributed by atoms with Crippen molar-refractivity contribution in [2.24, 2.45) is 5.84 Å². The third-order valence-electron chi connectivity index (χ3n) is 1.49. The molecule has 0 spiro atoms. The second-order valence-electron chi connectivity index (χ2n) is 2.65. The Kier molecular flexibility index (Phi) is 3.57. The molecule has 0 saturated carbocycles. The van der Waals surface area contributed by atoms with Crippen LogP contribution in [0.2, 0.25) is 0 Å². The van der Waals surface area contributed by atoms with Crippen molar-refractivity contribution >= 4 is 0 Å². The molecule has 1 atom stereocenters. The average molecular weight is 166 g/mol. The minimum absolute atomic E-state index is 0.0948. The van der Waals surface area contributed by atoms with Crippen LogP contribution in [0.25, 0.3) is 0 Å². The number of ether oxygens (including phenoxy) is 1. The first-order valence-corrected chi connectivity index (χ1v) is 3.98. The highest BCUT2D eigenvalue weighted by Gasteiger charge is 2.00. The van der Waals surface area contributed by atoms with Gasteiger partial charge in [0.1, 0.15) is 11.9 Å². The molecule has 0 fully saturated rings. The summed E-state index contributed by atoms with van der Waals surface area (Å²) >= 11 is 0. The fourth-order valence-electron chi connectivity index (χ4n) is 0.939. The zero-order chi connectivity index (χ0) is 8.81. The van der Waals surface area contributed by atoms with Crippen molar-refractivity contribution < 1.29 is 4.74 Å². The normalized spacial score (nSPS) is 12.5. The maximum absolute atomic E-state index is 5.51. The Labute approximate surface area is 72.5 Å². The Morgan fingerprint density at radius 1 is 1.42 bits per heavy atom. The maximum atomic E-state index is 5.51. The first kappa shape index (κ1) is 9.03. The predicted molar refractivity (Wildman–Crippen MR) is 48.7 cm³/mol. The summed E-state index contributed by atoms with van der Waals surface area (Å²) in [6, 6.07) is 9.69. The molecule has 1 aromatic rings. The molecule has 1 aromatic carbocycles. The van der Waals surface area contributed by atoms with Crippen molar-refractivity contribution in [1.82, 2.24) is 5.43 Å². The number of hydrazine groups is 1. The quantitative estimate of drug-likeness (QED) is 0.516. The van der Waals surface area contributed by atoms with Gasteiger partial charge in [0.2, 0.25) is 0 Å². The lowest BCUT2D eigenvalue weighted by Crippen LogP contribution is -2.33. The van der Waals surface area contributed by atoms with Gasteiger partial charge in [-0.25, -0.2) is 0 Å². The van der Waals surface area contributed by atoms with Crippen molar-refractivity contribution in [3.63, 3.8) is 0 Å². The van der Waals surface area contributed by atoms with Gasteiger partial charge in [0.25, 0.3) is 0 Å². The topological polar surface area (TPSA) is 47.3 Å². The fourth-order valence-corrected chi connectivity index (χ4v) is 0.939. The van der Waals surface area contributed by atoms with Crippen molar-refractivity contribution in [1.29, 1.82) is 0 Å². The molecule has 0 aliphatic heterocycles. The first-order valence-electron chi connectivity index (χ1n) is 3.98. The fraction of sp³-hybridized carbons (Fsp3) is 0.333. The van der Waals surface area contributed by atoms with E-state index in [0.29, 0.717) is 6.54 Å². The highest BCUT2D eigenvalue weighted by atomic mass is 16.5.